The summed E-state index contributed by atoms with van der Waals surface area (Å²) in [7, 11) is 3.16. The lowest BCUT2D eigenvalue weighted by Gasteiger charge is -2.13. The highest BCUT2D eigenvalue weighted by atomic mass is 16.5. The number of aromatic nitrogens is 1. The molecule has 0 unspecified atom stereocenters. The molecule has 0 radical (unpaired) electrons. The van der Waals surface area contributed by atoms with E-state index in [0.717, 1.165) is 22.4 Å². The van der Waals surface area contributed by atoms with E-state index in [1.165, 1.54) is 0 Å². The summed E-state index contributed by atoms with van der Waals surface area (Å²) in [5.41, 5.74) is 10.7. The van der Waals surface area contributed by atoms with Crippen LogP contribution < -0.4 is 15.2 Å². The number of hydrogen-bond donors (Lipinski definition) is 1. The average molecular weight is 345 g/mol. The zero-order valence-corrected chi connectivity index (χ0v) is 14.9. The van der Waals surface area contributed by atoms with Crippen LogP contribution in [-0.2, 0) is 0 Å². The van der Waals surface area contributed by atoms with Gasteiger partial charge in [-0.2, -0.15) is 5.26 Å². The summed E-state index contributed by atoms with van der Waals surface area (Å²) in [4.78, 5) is 4.44. The van der Waals surface area contributed by atoms with Crippen molar-refractivity contribution in [3.05, 3.63) is 59.7 Å². The Morgan fingerprint density at radius 1 is 0.962 bits per heavy atom. The van der Waals surface area contributed by atoms with Gasteiger partial charge in [-0.25, -0.2) is 4.98 Å². The predicted molar refractivity (Wildman–Crippen MR) is 102 cm³/mol. The molecule has 0 saturated carbocycles. The summed E-state index contributed by atoms with van der Waals surface area (Å²) < 4.78 is 10.7. The van der Waals surface area contributed by atoms with Crippen molar-refractivity contribution in [1.29, 1.82) is 5.26 Å². The standard InChI is InChI=1S/C21H19N3O2/c1-13-6-4-5-7-15(13)18-11-16(17(12-22)21(23)24-18)14-8-9-19(25-2)20(10-14)26-3/h4-11H,1-3H3,(H2,23,24). The number of nitrogens with two attached hydrogens (primary N) is 1. The second kappa shape index (κ2) is 7.16. The second-order valence-electron chi connectivity index (χ2n) is 5.81. The van der Waals surface area contributed by atoms with Crippen molar-refractivity contribution >= 4 is 5.82 Å². The SMILES string of the molecule is COc1ccc(-c2cc(-c3ccccc3C)nc(N)c2C#N)cc1OC. The molecule has 26 heavy (non-hydrogen) atoms. The molecule has 0 bridgehead atoms. The van der Waals surface area contributed by atoms with Crippen molar-refractivity contribution in [2.45, 2.75) is 6.92 Å². The molecule has 2 aromatic carbocycles. The highest BCUT2D eigenvalue weighted by molar-refractivity contribution is 5.81. The molecule has 0 atom stereocenters. The third kappa shape index (κ3) is 3.05. The molecule has 1 heterocycles. The van der Waals surface area contributed by atoms with Gasteiger partial charge in [0.05, 0.1) is 19.9 Å². The summed E-state index contributed by atoms with van der Waals surface area (Å²) >= 11 is 0. The van der Waals surface area contributed by atoms with Crippen LogP contribution in [0.15, 0.2) is 48.5 Å². The van der Waals surface area contributed by atoms with Crippen LogP contribution in [0.1, 0.15) is 11.1 Å². The second-order valence-corrected chi connectivity index (χ2v) is 5.81. The molecule has 3 rings (SSSR count). The van der Waals surface area contributed by atoms with Crippen LogP contribution in [0, 0.1) is 18.3 Å². The third-order valence-corrected chi connectivity index (χ3v) is 4.27. The van der Waals surface area contributed by atoms with Crippen LogP contribution in [0.3, 0.4) is 0 Å². The van der Waals surface area contributed by atoms with Gasteiger partial charge in [0.15, 0.2) is 11.5 Å². The zero-order chi connectivity index (χ0) is 18.7. The maximum atomic E-state index is 9.58. The molecule has 0 amide bonds. The Hall–Kier alpha value is -3.52. The highest BCUT2D eigenvalue weighted by Crippen LogP contribution is 2.36. The summed E-state index contributed by atoms with van der Waals surface area (Å²) in [6.07, 6.45) is 0. The number of nitrogens with zero attached hydrogens (tertiary/aromatic N) is 2. The Kier molecular flexibility index (Phi) is 4.76. The number of methoxy groups -OCH3 is 2. The van der Waals surface area contributed by atoms with Crippen molar-refractivity contribution < 1.29 is 9.47 Å². The van der Waals surface area contributed by atoms with E-state index >= 15 is 0 Å². The molecule has 0 spiro atoms. The zero-order valence-electron chi connectivity index (χ0n) is 14.9. The van der Waals surface area contributed by atoms with E-state index in [1.54, 1.807) is 20.3 Å². The largest absolute Gasteiger partial charge is 0.493 e. The molecule has 0 aliphatic carbocycles. The van der Waals surface area contributed by atoms with E-state index in [9.17, 15) is 5.26 Å². The molecular weight excluding hydrogens is 326 g/mol. The maximum absolute atomic E-state index is 9.58. The summed E-state index contributed by atoms with van der Waals surface area (Å²) in [5, 5.41) is 9.58. The molecule has 3 aromatic rings. The van der Waals surface area contributed by atoms with Crippen LogP contribution in [0.25, 0.3) is 22.4 Å². The Bertz CT molecular complexity index is 1010. The lowest BCUT2D eigenvalue weighted by molar-refractivity contribution is 0.355. The van der Waals surface area contributed by atoms with Crippen molar-refractivity contribution in [3.8, 4) is 40.0 Å². The fourth-order valence-electron chi connectivity index (χ4n) is 2.91. The van der Waals surface area contributed by atoms with Gasteiger partial charge in [-0.05, 0) is 36.2 Å². The molecule has 0 saturated heterocycles. The summed E-state index contributed by atoms with van der Waals surface area (Å²) in [5.74, 6) is 1.41. The molecular formula is C21H19N3O2. The minimum Gasteiger partial charge on any atom is -0.493 e. The number of nitriles is 1. The number of pyridine rings is 1. The fraction of sp³-hybridized carbons (Fsp3) is 0.143. The van der Waals surface area contributed by atoms with Crippen LogP contribution in [0.2, 0.25) is 0 Å². The monoisotopic (exact) mass is 345 g/mol. The summed E-state index contributed by atoms with van der Waals surface area (Å²) in [6, 6.07) is 17.5. The van der Waals surface area contributed by atoms with Gasteiger partial charge in [-0.3, -0.25) is 0 Å². The molecule has 5 heteroatoms. The van der Waals surface area contributed by atoms with Crippen LogP contribution in [0.4, 0.5) is 5.82 Å². The minimum atomic E-state index is 0.207. The number of rotatable bonds is 4. The Morgan fingerprint density at radius 2 is 1.69 bits per heavy atom. The quantitative estimate of drug-likeness (QED) is 0.766. The molecule has 1 aromatic heterocycles. The number of nitrogen functional groups attached to an aromatic ring is 1. The first-order valence-corrected chi connectivity index (χ1v) is 8.08. The number of ether oxygens (including phenoxy) is 2. The van der Waals surface area contributed by atoms with Crippen molar-refractivity contribution in [2.75, 3.05) is 20.0 Å². The van der Waals surface area contributed by atoms with E-state index in [2.05, 4.69) is 11.1 Å². The normalized spacial score (nSPS) is 10.2. The van der Waals surface area contributed by atoms with Crippen molar-refractivity contribution in [2.24, 2.45) is 0 Å². The van der Waals surface area contributed by atoms with Gasteiger partial charge in [0, 0.05) is 11.1 Å². The van der Waals surface area contributed by atoms with Crippen molar-refractivity contribution in [3.63, 3.8) is 0 Å². The van der Waals surface area contributed by atoms with Crippen LogP contribution in [0.5, 0.6) is 11.5 Å². The van der Waals surface area contributed by atoms with E-state index in [0.29, 0.717) is 22.6 Å². The lowest BCUT2D eigenvalue weighted by Crippen LogP contribution is -2.00. The molecule has 130 valence electrons. The minimum absolute atomic E-state index is 0.207. The number of aryl methyl sites for hydroxylation is 1. The molecule has 0 aliphatic rings. The highest BCUT2D eigenvalue weighted by Gasteiger charge is 2.16. The van der Waals surface area contributed by atoms with E-state index in [-0.39, 0.29) is 5.82 Å². The molecule has 5 nitrogen and oxygen atoms in total. The topological polar surface area (TPSA) is 81.2 Å². The van der Waals surface area contributed by atoms with Gasteiger partial charge in [0.25, 0.3) is 0 Å². The number of benzene rings is 2. The van der Waals surface area contributed by atoms with Gasteiger partial charge in [0.2, 0.25) is 0 Å². The predicted octanol–water partition coefficient (Wildman–Crippen LogP) is 4.20. The fourth-order valence-corrected chi connectivity index (χ4v) is 2.91. The third-order valence-electron chi connectivity index (χ3n) is 4.27. The molecule has 0 fully saturated rings. The van der Waals surface area contributed by atoms with Gasteiger partial charge in [-0.15, -0.1) is 0 Å². The number of anilines is 1. The first-order chi connectivity index (χ1) is 12.6. The first kappa shape index (κ1) is 17.3. The Labute approximate surface area is 152 Å². The Balaban J connectivity index is 2.24. The van der Waals surface area contributed by atoms with Crippen LogP contribution >= 0.6 is 0 Å². The Morgan fingerprint density at radius 3 is 2.35 bits per heavy atom. The van der Waals surface area contributed by atoms with Gasteiger partial charge in [-0.1, -0.05) is 30.3 Å². The van der Waals surface area contributed by atoms with Gasteiger partial charge < -0.3 is 15.2 Å². The van der Waals surface area contributed by atoms with Crippen LogP contribution in [-0.4, -0.2) is 19.2 Å². The van der Waals surface area contributed by atoms with Gasteiger partial charge >= 0.3 is 0 Å². The summed E-state index contributed by atoms with van der Waals surface area (Å²) in [6.45, 7) is 2.02. The lowest BCUT2D eigenvalue weighted by atomic mass is 9.97. The molecule has 0 aliphatic heterocycles. The average Bonchev–Trinajstić information content (AvgIpc) is 2.67. The molecule has 2 N–H and O–H groups in total. The van der Waals surface area contributed by atoms with E-state index in [1.807, 2.05) is 49.4 Å². The van der Waals surface area contributed by atoms with Gasteiger partial charge in [0.1, 0.15) is 17.5 Å². The first-order valence-electron chi connectivity index (χ1n) is 8.08. The maximum Gasteiger partial charge on any atom is 0.161 e. The number of hydrogen-bond acceptors (Lipinski definition) is 5. The van der Waals surface area contributed by atoms with E-state index < -0.39 is 0 Å². The smallest absolute Gasteiger partial charge is 0.161 e. The van der Waals surface area contributed by atoms with Crippen molar-refractivity contribution in [1.82, 2.24) is 4.98 Å². The van der Waals surface area contributed by atoms with E-state index in [4.69, 9.17) is 15.2 Å².